The first-order valence-corrected chi connectivity index (χ1v) is 8.69. The predicted octanol–water partition coefficient (Wildman–Crippen LogP) is 4.04. The molecule has 0 spiro atoms. The SMILES string of the molecule is C=CCOC(=O)c1cc2cc([C@@H](F)P(=O)(O)OC)ccc2s1. The van der Waals surface area contributed by atoms with Crippen LogP contribution >= 0.6 is 18.9 Å². The molecule has 0 saturated carbocycles. The van der Waals surface area contributed by atoms with Crippen molar-refractivity contribution in [2.75, 3.05) is 13.7 Å². The zero-order valence-electron chi connectivity index (χ0n) is 11.7. The van der Waals surface area contributed by atoms with Crippen LogP contribution < -0.4 is 0 Å². The normalized spacial score (nSPS) is 15.2. The van der Waals surface area contributed by atoms with Gasteiger partial charge in [0.1, 0.15) is 11.5 Å². The summed E-state index contributed by atoms with van der Waals surface area (Å²) < 4.78 is 35.5. The van der Waals surface area contributed by atoms with E-state index in [1.165, 1.54) is 29.5 Å². The van der Waals surface area contributed by atoms with Gasteiger partial charge in [-0.3, -0.25) is 4.57 Å². The molecule has 0 aliphatic rings. The number of carbonyl (C=O) groups excluding carboxylic acids is 1. The molecule has 0 aliphatic heterocycles. The fraction of sp³-hybridized carbons (Fsp3) is 0.214. The number of halogens is 1. The van der Waals surface area contributed by atoms with Crippen molar-refractivity contribution in [2.24, 2.45) is 0 Å². The Bertz CT molecular complexity index is 757. The van der Waals surface area contributed by atoms with Gasteiger partial charge in [-0.1, -0.05) is 18.7 Å². The van der Waals surface area contributed by atoms with Crippen LogP contribution in [0.1, 0.15) is 21.1 Å². The molecule has 1 aromatic heterocycles. The number of hydrogen-bond donors (Lipinski definition) is 1. The number of thiophene rings is 1. The second kappa shape index (κ2) is 6.71. The van der Waals surface area contributed by atoms with Gasteiger partial charge < -0.3 is 14.2 Å². The molecular weight excluding hydrogens is 330 g/mol. The second-order valence-electron chi connectivity index (χ2n) is 4.38. The minimum atomic E-state index is -4.36. The standard InChI is InChI=1S/C14H14FO5PS/c1-3-6-20-14(16)12-8-10-7-9(4-5-11(10)22-12)13(15)21(17,18)19-2/h3-5,7-8,13H,1,6H2,2H3,(H,17,18)/t13-/m0/s1. The Hall–Kier alpha value is -1.53. The van der Waals surface area contributed by atoms with Crippen molar-refractivity contribution in [1.29, 1.82) is 0 Å². The van der Waals surface area contributed by atoms with Crippen LogP contribution in [-0.2, 0) is 13.8 Å². The Morgan fingerprint density at radius 3 is 2.91 bits per heavy atom. The van der Waals surface area contributed by atoms with Gasteiger partial charge in [0.05, 0.1) is 0 Å². The maximum Gasteiger partial charge on any atom is 0.366 e. The van der Waals surface area contributed by atoms with Crippen LogP contribution in [-0.4, -0.2) is 24.6 Å². The van der Waals surface area contributed by atoms with Crippen LogP contribution in [0.5, 0.6) is 0 Å². The Kier molecular flexibility index (Phi) is 5.13. The van der Waals surface area contributed by atoms with Gasteiger partial charge in [0, 0.05) is 11.8 Å². The number of ether oxygens (including phenoxy) is 1. The maximum atomic E-state index is 14.0. The Morgan fingerprint density at radius 1 is 1.55 bits per heavy atom. The molecule has 118 valence electrons. The lowest BCUT2D eigenvalue weighted by atomic mass is 10.2. The van der Waals surface area contributed by atoms with Gasteiger partial charge in [0.2, 0.25) is 5.91 Å². The summed E-state index contributed by atoms with van der Waals surface area (Å²) in [5, 5.41) is 0.590. The fourth-order valence-corrected chi connectivity index (χ4v) is 3.46. The van der Waals surface area contributed by atoms with Crippen LogP contribution in [0, 0.1) is 0 Å². The molecule has 0 saturated heterocycles. The third-order valence-corrected chi connectivity index (χ3v) is 5.39. The molecule has 1 heterocycles. The summed E-state index contributed by atoms with van der Waals surface area (Å²) >= 11 is 1.20. The number of rotatable bonds is 6. The van der Waals surface area contributed by atoms with E-state index in [0.29, 0.717) is 10.3 Å². The molecule has 1 aromatic carbocycles. The summed E-state index contributed by atoms with van der Waals surface area (Å²) in [5.41, 5.74) is 0.0176. The van der Waals surface area contributed by atoms with Crippen molar-refractivity contribution in [3.63, 3.8) is 0 Å². The third kappa shape index (κ3) is 3.44. The highest BCUT2D eigenvalue weighted by Crippen LogP contribution is 2.57. The summed E-state index contributed by atoms with van der Waals surface area (Å²) in [6.07, 6.45) is 1.46. The van der Waals surface area contributed by atoms with Crippen LogP contribution in [0.15, 0.2) is 36.9 Å². The molecule has 0 fully saturated rings. The highest BCUT2D eigenvalue weighted by molar-refractivity contribution is 7.53. The maximum absolute atomic E-state index is 14.0. The van der Waals surface area contributed by atoms with E-state index >= 15 is 0 Å². The van der Waals surface area contributed by atoms with E-state index in [4.69, 9.17) is 4.74 Å². The van der Waals surface area contributed by atoms with E-state index in [1.807, 2.05) is 0 Å². The summed E-state index contributed by atoms with van der Waals surface area (Å²) in [7, 11) is -3.38. The van der Waals surface area contributed by atoms with E-state index in [1.54, 1.807) is 12.1 Å². The molecule has 0 aliphatic carbocycles. The number of esters is 1. The number of fused-ring (bicyclic) bond motifs is 1. The minimum Gasteiger partial charge on any atom is -0.457 e. The number of carbonyl (C=O) groups is 1. The zero-order chi connectivity index (χ0) is 16.3. The predicted molar refractivity (Wildman–Crippen MR) is 83.0 cm³/mol. The lowest BCUT2D eigenvalue weighted by Crippen LogP contribution is -2.02. The molecule has 2 rings (SSSR count). The Morgan fingerprint density at radius 2 is 2.27 bits per heavy atom. The van der Waals surface area contributed by atoms with Crippen LogP contribution in [0.2, 0.25) is 0 Å². The lowest BCUT2D eigenvalue weighted by molar-refractivity contribution is 0.0555. The second-order valence-corrected chi connectivity index (χ2v) is 7.41. The molecule has 0 bridgehead atoms. The molecule has 0 radical (unpaired) electrons. The first-order valence-electron chi connectivity index (χ1n) is 6.23. The van der Waals surface area contributed by atoms with Gasteiger partial charge in [-0.2, -0.15) is 0 Å². The smallest absolute Gasteiger partial charge is 0.366 e. The van der Waals surface area contributed by atoms with Gasteiger partial charge in [-0.25, -0.2) is 9.18 Å². The number of alkyl halides is 1. The molecule has 2 atom stereocenters. The summed E-state index contributed by atoms with van der Waals surface area (Å²) in [5.74, 6) is -2.64. The minimum absolute atomic E-state index is 0.0176. The summed E-state index contributed by atoms with van der Waals surface area (Å²) in [6, 6.07) is 5.95. The van der Waals surface area contributed by atoms with Gasteiger partial charge in [-0.15, -0.1) is 11.3 Å². The number of benzene rings is 1. The topological polar surface area (TPSA) is 72.8 Å². The van der Waals surface area contributed by atoms with E-state index in [9.17, 15) is 18.6 Å². The van der Waals surface area contributed by atoms with Gasteiger partial charge in [0.15, 0.2) is 0 Å². The van der Waals surface area contributed by atoms with E-state index in [0.717, 1.165) is 11.8 Å². The van der Waals surface area contributed by atoms with Crippen LogP contribution in [0.4, 0.5) is 4.39 Å². The van der Waals surface area contributed by atoms with E-state index in [-0.39, 0.29) is 12.2 Å². The molecule has 1 N–H and O–H groups in total. The van der Waals surface area contributed by atoms with Crippen LogP contribution in [0.3, 0.4) is 0 Å². The first kappa shape index (κ1) is 16.8. The lowest BCUT2D eigenvalue weighted by Gasteiger charge is -2.13. The van der Waals surface area contributed by atoms with Crippen molar-refractivity contribution >= 4 is 35.0 Å². The quantitative estimate of drug-likeness (QED) is 0.486. The average molecular weight is 344 g/mol. The Labute approximate surface area is 130 Å². The van der Waals surface area contributed by atoms with Gasteiger partial charge >= 0.3 is 13.6 Å². The van der Waals surface area contributed by atoms with Crippen molar-refractivity contribution < 1.29 is 27.9 Å². The molecule has 22 heavy (non-hydrogen) atoms. The molecule has 5 nitrogen and oxygen atoms in total. The highest BCUT2D eigenvalue weighted by atomic mass is 32.1. The number of hydrogen-bond acceptors (Lipinski definition) is 5. The van der Waals surface area contributed by atoms with Gasteiger partial charge in [0.25, 0.3) is 0 Å². The van der Waals surface area contributed by atoms with Crippen molar-refractivity contribution in [3.05, 3.63) is 47.4 Å². The molecule has 0 amide bonds. The third-order valence-electron chi connectivity index (χ3n) is 2.90. The molecule has 1 unspecified atom stereocenters. The van der Waals surface area contributed by atoms with Gasteiger partial charge in [-0.05, 0) is 29.1 Å². The van der Waals surface area contributed by atoms with E-state index < -0.39 is 19.5 Å². The van der Waals surface area contributed by atoms with Crippen molar-refractivity contribution in [3.8, 4) is 0 Å². The summed E-state index contributed by atoms with van der Waals surface area (Å²) in [6.45, 7) is 3.56. The van der Waals surface area contributed by atoms with Crippen molar-refractivity contribution in [2.45, 2.75) is 5.91 Å². The highest BCUT2D eigenvalue weighted by Gasteiger charge is 2.33. The average Bonchev–Trinajstić information content (AvgIpc) is 2.94. The molecular formula is C14H14FO5PS. The zero-order valence-corrected chi connectivity index (χ0v) is 13.4. The van der Waals surface area contributed by atoms with Crippen molar-refractivity contribution in [1.82, 2.24) is 0 Å². The van der Waals surface area contributed by atoms with E-state index in [2.05, 4.69) is 11.1 Å². The Balaban J connectivity index is 2.33. The largest absolute Gasteiger partial charge is 0.457 e. The monoisotopic (exact) mass is 344 g/mol. The fourth-order valence-electron chi connectivity index (χ4n) is 1.80. The first-order chi connectivity index (χ1) is 10.4. The summed E-state index contributed by atoms with van der Waals surface area (Å²) in [4.78, 5) is 21.5. The molecule has 2 aromatic rings. The van der Waals surface area contributed by atoms with Crippen LogP contribution in [0.25, 0.3) is 10.1 Å². The molecule has 8 heteroatoms.